The number of fused-ring (bicyclic) bond motifs is 1. The zero-order chi connectivity index (χ0) is 22.5. The Bertz CT molecular complexity index is 991. The molecule has 0 bridgehead atoms. The van der Waals surface area contributed by atoms with Crippen molar-refractivity contribution < 1.29 is 0 Å². The fraction of sp³-hybridized carbons (Fsp3) is 0.400. The van der Waals surface area contributed by atoms with E-state index in [1.807, 2.05) is 13.8 Å². The molecule has 0 saturated carbocycles. The fourth-order valence-electron chi connectivity index (χ4n) is 3.83. The average molecular weight is 399 g/mol. The highest BCUT2D eigenvalue weighted by Crippen LogP contribution is 2.42. The summed E-state index contributed by atoms with van der Waals surface area (Å²) in [6, 6.07) is 15.5. The molecule has 2 aromatic rings. The number of hydrogen-bond acceptors (Lipinski definition) is 0. The van der Waals surface area contributed by atoms with E-state index < -0.39 is 0 Å². The first kappa shape index (κ1) is 23.8. The van der Waals surface area contributed by atoms with Gasteiger partial charge in [-0.1, -0.05) is 99.2 Å². The summed E-state index contributed by atoms with van der Waals surface area (Å²) in [6.45, 7) is 19.6. The van der Waals surface area contributed by atoms with Gasteiger partial charge < -0.3 is 0 Å². The van der Waals surface area contributed by atoms with Gasteiger partial charge in [0.25, 0.3) is 0 Å². The van der Waals surface area contributed by atoms with Crippen LogP contribution in [0.5, 0.6) is 0 Å². The number of allylic oxidation sites excluding steroid dienone is 2. The maximum Gasteiger partial charge on any atom is 0.0310 e. The molecule has 0 nitrogen and oxygen atoms in total. The molecule has 0 atom stereocenters. The predicted octanol–water partition coefficient (Wildman–Crippen LogP) is 8.70. The van der Waals surface area contributed by atoms with Gasteiger partial charge in [0.2, 0.25) is 0 Å². The largest absolute Gasteiger partial charge is 0.0919 e. The minimum Gasteiger partial charge on any atom is -0.0919 e. The first-order chi connectivity index (χ1) is 14.0. The maximum atomic E-state index is 3.52. The molecule has 0 heteroatoms. The van der Waals surface area contributed by atoms with Crippen molar-refractivity contribution in [2.24, 2.45) is 5.41 Å². The van der Waals surface area contributed by atoms with Crippen LogP contribution in [0, 0.1) is 24.2 Å². The Labute approximate surface area is 185 Å². The van der Waals surface area contributed by atoms with Crippen molar-refractivity contribution >= 4 is 17.7 Å². The van der Waals surface area contributed by atoms with Crippen LogP contribution in [0.2, 0.25) is 0 Å². The van der Waals surface area contributed by atoms with E-state index in [1.165, 1.54) is 39.0 Å². The van der Waals surface area contributed by atoms with E-state index in [0.29, 0.717) is 0 Å². The summed E-state index contributed by atoms with van der Waals surface area (Å²) in [5.74, 6) is 6.97. The van der Waals surface area contributed by atoms with E-state index >= 15 is 0 Å². The molecular weight excluding hydrogens is 360 g/mol. The van der Waals surface area contributed by atoms with Gasteiger partial charge in [-0.05, 0) is 74.8 Å². The molecule has 0 spiro atoms. The maximum absolute atomic E-state index is 3.52. The third-order valence-electron chi connectivity index (χ3n) is 5.28. The van der Waals surface area contributed by atoms with Gasteiger partial charge in [-0.25, -0.2) is 0 Å². The smallest absolute Gasteiger partial charge is 0.0310 e. The Morgan fingerprint density at radius 2 is 1.43 bits per heavy atom. The van der Waals surface area contributed by atoms with Crippen LogP contribution in [-0.4, -0.2) is 0 Å². The lowest BCUT2D eigenvalue weighted by Gasteiger charge is -2.34. The van der Waals surface area contributed by atoms with Gasteiger partial charge in [-0.2, -0.15) is 0 Å². The normalized spacial score (nSPS) is 15.1. The Hall–Kier alpha value is -2.52. The molecule has 0 aromatic heterocycles. The molecule has 0 radical (unpaired) electrons. The summed E-state index contributed by atoms with van der Waals surface area (Å²) in [4.78, 5) is 0. The van der Waals surface area contributed by atoms with E-state index in [9.17, 15) is 0 Å². The minimum atomic E-state index is 0.00334. The molecule has 0 heterocycles. The number of aryl methyl sites for hydroxylation is 1. The summed E-state index contributed by atoms with van der Waals surface area (Å²) in [5.41, 5.74) is 9.21. The summed E-state index contributed by atoms with van der Waals surface area (Å²) < 4.78 is 0. The Balaban J connectivity index is 0.00000155. The lowest BCUT2D eigenvalue weighted by atomic mass is 9.70. The molecule has 30 heavy (non-hydrogen) atoms. The molecule has 0 unspecified atom stereocenters. The van der Waals surface area contributed by atoms with Crippen molar-refractivity contribution in [2.75, 3.05) is 0 Å². The minimum absolute atomic E-state index is 0.00334. The molecule has 0 aliphatic heterocycles. The van der Waals surface area contributed by atoms with Crippen LogP contribution in [0.4, 0.5) is 0 Å². The van der Waals surface area contributed by atoms with Crippen molar-refractivity contribution in [3.8, 4) is 11.8 Å². The first-order valence-corrected chi connectivity index (χ1v) is 11.2. The molecule has 1 aliphatic rings. The third-order valence-corrected chi connectivity index (χ3v) is 5.28. The topological polar surface area (TPSA) is 0 Å². The van der Waals surface area contributed by atoms with Crippen LogP contribution in [0.25, 0.3) is 17.7 Å². The Kier molecular flexibility index (Phi) is 7.54. The summed E-state index contributed by atoms with van der Waals surface area (Å²) >= 11 is 0. The van der Waals surface area contributed by atoms with Crippen molar-refractivity contribution in [1.82, 2.24) is 0 Å². The fourth-order valence-corrected chi connectivity index (χ4v) is 3.83. The SMILES string of the molecule is CC.CC1=C(C#CC(C)(C)C)c2cc(/C=C/c3ccc(C)cc3)ccc2C(C)(C)C1. The number of hydrogen-bond donors (Lipinski definition) is 0. The van der Waals surface area contributed by atoms with Gasteiger partial charge >= 0.3 is 0 Å². The van der Waals surface area contributed by atoms with Crippen LogP contribution in [0.1, 0.15) is 89.6 Å². The molecule has 0 saturated heterocycles. The third kappa shape index (κ3) is 5.99. The second-order valence-electron chi connectivity index (χ2n) is 9.77. The second kappa shape index (κ2) is 9.53. The summed E-state index contributed by atoms with van der Waals surface area (Å²) in [7, 11) is 0. The van der Waals surface area contributed by atoms with Gasteiger partial charge in [0.05, 0.1) is 0 Å². The molecule has 0 N–H and O–H groups in total. The average Bonchev–Trinajstić information content (AvgIpc) is 2.67. The molecular formula is C30H38. The van der Waals surface area contributed by atoms with Gasteiger partial charge in [-0.3, -0.25) is 0 Å². The predicted molar refractivity (Wildman–Crippen MR) is 135 cm³/mol. The van der Waals surface area contributed by atoms with Crippen LogP contribution < -0.4 is 0 Å². The van der Waals surface area contributed by atoms with Crippen molar-refractivity contribution in [2.45, 2.75) is 74.1 Å². The standard InChI is InChI=1S/C28H32.C2H6/c1-20-8-10-22(11-9-20)12-13-23-14-15-26-25(18-23)24(16-17-27(3,4)5)21(2)19-28(26,6)7;1-2/h8-15,18H,19H2,1-7H3;1-2H3/b13-12+;. The van der Waals surface area contributed by atoms with E-state index in [0.717, 1.165) is 6.42 Å². The highest BCUT2D eigenvalue weighted by molar-refractivity contribution is 5.86. The monoisotopic (exact) mass is 398 g/mol. The second-order valence-corrected chi connectivity index (χ2v) is 9.77. The van der Waals surface area contributed by atoms with Crippen LogP contribution in [0.15, 0.2) is 48.0 Å². The number of benzene rings is 2. The summed E-state index contributed by atoms with van der Waals surface area (Å²) in [6.07, 6.45) is 5.45. The lowest BCUT2D eigenvalue weighted by Crippen LogP contribution is -2.23. The molecule has 0 fully saturated rings. The molecule has 3 rings (SSSR count). The van der Waals surface area contributed by atoms with E-state index in [1.54, 1.807) is 0 Å². The zero-order valence-corrected chi connectivity index (χ0v) is 20.4. The lowest BCUT2D eigenvalue weighted by molar-refractivity contribution is 0.512. The van der Waals surface area contributed by atoms with Gasteiger partial charge in [0.1, 0.15) is 0 Å². The number of rotatable bonds is 2. The van der Waals surface area contributed by atoms with Crippen LogP contribution >= 0.6 is 0 Å². The first-order valence-electron chi connectivity index (χ1n) is 11.2. The van der Waals surface area contributed by atoms with E-state index in [2.05, 4.69) is 115 Å². The van der Waals surface area contributed by atoms with Crippen molar-refractivity contribution in [1.29, 1.82) is 0 Å². The highest BCUT2D eigenvalue weighted by atomic mass is 14.3. The Morgan fingerprint density at radius 1 is 0.867 bits per heavy atom. The molecule has 0 amide bonds. The zero-order valence-electron chi connectivity index (χ0n) is 20.4. The highest BCUT2D eigenvalue weighted by Gasteiger charge is 2.30. The van der Waals surface area contributed by atoms with Crippen molar-refractivity contribution in [3.63, 3.8) is 0 Å². The van der Waals surface area contributed by atoms with E-state index in [-0.39, 0.29) is 10.8 Å². The quantitative estimate of drug-likeness (QED) is 0.350. The summed E-state index contributed by atoms with van der Waals surface area (Å²) in [5, 5.41) is 0. The van der Waals surface area contributed by atoms with Gasteiger partial charge in [0.15, 0.2) is 0 Å². The van der Waals surface area contributed by atoms with Crippen LogP contribution in [-0.2, 0) is 5.41 Å². The molecule has 158 valence electrons. The van der Waals surface area contributed by atoms with Gasteiger partial charge in [-0.15, -0.1) is 0 Å². The Morgan fingerprint density at radius 3 is 2.03 bits per heavy atom. The van der Waals surface area contributed by atoms with Crippen LogP contribution in [0.3, 0.4) is 0 Å². The van der Waals surface area contributed by atoms with E-state index in [4.69, 9.17) is 0 Å². The van der Waals surface area contributed by atoms with Crippen molar-refractivity contribution in [3.05, 3.63) is 75.9 Å². The van der Waals surface area contributed by atoms with Gasteiger partial charge in [0, 0.05) is 11.0 Å². The molecule has 1 aliphatic carbocycles. The molecule has 2 aromatic carbocycles.